The van der Waals surface area contributed by atoms with Crippen molar-refractivity contribution in [2.45, 2.75) is 18.9 Å². The summed E-state index contributed by atoms with van der Waals surface area (Å²) in [4.78, 5) is 14.1. The average molecular weight is 392 g/mol. The molecule has 27 heavy (non-hydrogen) atoms. The van der Waals surface area contributed by atoms with E-state index in [1.165, 1.54) is 0 Å². The molecule has 144 valence electrons. The number of nitrogens with zero attached hydrogens (tertiary/aromatic N) is 2. The molecule has 1 aromatic carbocycles. The van der Waals surface area contributed by atoms with Gasteiger partial charge in [-0.2, -0.15) is 26.3 Å². The largest absolute Gasteiger partial charge is 0.475 e. The molecule has 0 atom stereocenters. The summed E-state index contributed by atoms with van der Waals surface area (Å²) in [5.41, 5.74) is -2.56. The molecule has 0 amide bonds. The number of hydrogen-bond donors (Lipinski definition) is 1. The highest BCUT2D eigenvalue weighted by molar-refractivity contribution is 5.84. The first-order valence-electron chi connectivity index (χ1n) is 7.13. The molecule has 0 spiro atoms. The van der Waals surface area contributed by atoms with Gasteiger partial charge in [0.05, 0.1) is 18.7 Å². The van der Waals surface area contributed by atoms with Crippen LogP contribution in [0, 0.1) is 6.57 Å². The maximum absolute atomic E-state index is 13.1. The van der Waals surface area contributed by atoms with E-state index < -0.39 is 54.1 Å². The number of alkyl halides is 6. The van der Waals surface area contributed by atoms with Gasteiger partial charge < -0.3 is 14.4 Å². The predicted octanol–water partition coefficient (Wildman–Crippen LogP) is 5.12. The summed E-state index contributed by atoms with van der Waals surface area (Å²) in [6.45, 7) is 4.54. The van der Waals surface area contributed by atoms with Crippen LogP contribution < -0.4 is 4.90 Å². The van der Waals surface area contributed by atoms with Crippen molar-refractivity contribution in [3.8, 4) is 0 Å². The van der Waals surface area contributed by atoms with Crippen LogP contribution >= 0.6 is 0 Å². The van der Waals surface area contributed by atoms with Crippen LogP contribution in [0.15, 0.2) is 34.7 Å². The van der Waals surface area contributed by atoms with E-state index in [0.717, 1.165) is 24.3 Å². The highest BCUT2D eigenvalue weighted by Crippen LogP contribution is 2.39. The van der Waals surface area contributed by atoms with Gasteiger partial charge in [-0.1, -0.05) is 6.07 Å². The molecule has 0 aliphatic heterocycles. The van der Waals surface area contributed by atoms with E-state index in [1.807, 2.05) is 0 Å². The second-order valence-electron chi connectivity index (χ2n) is 5.35. The first-order chi connectivity index (χ1) is 12.4. The molecular weight excluding hydrogens is 382 g/mol. The molecule has 0 unspecified atom stereocenters. The Morgan fingerprint density at radius 2 is 1.81 bits per heavy atom. The predicted molar refractivity (Wildman–Crippen MR) is 80.5 cm³/mol. The fraction of sp³-hybridized carbons (Fsp3) is 0.250. The van der Waals surface area contributed by atoms with Gasteiger partial charge in [0.1, 0.15) is 12.3 Å². The van der Waals surface area contributed by atoms with Gasteiger partial charge in [-0.05, 0) is 24.3 Å². The van der Waals surface area contributed by atoms with Crippen molar-refractivity contribution in [1.82, 2.24) is 0 Å². The number of carboxylic acids is 1. The topological polar surface area (TPSA) is 58.0 Å². The minimum Gasteiger partial charge on any atom is -0.475 e. The van der Waals surface area contributed by atoms with Gasteiger partial charge in [0.25, 0.3) is 0 Å². The number of carboxylic acid groups (broad SMARTS) is 1. The maximum Gasteiger partial charge on any atom is 0.407 e. The normalized spacial score (nSPS) is 11.9. The molecule has 0 saturated carbocycles. The molecule has 2 aromatic rings. The molecule has 0 bridgehead atoms. The Kier molecular flexibility index (Phi) is 5.39. The number of aromatic carboxylic acids is 1. The summed E-state index contributed by atoms with van der Waals surface area (Å²) in [6, 6.07) is 4.31. The van der Waals surface area contributed by atoms with Gasteiger partial charge >= 0.3 is 18.3 Å². The lowest BCUT2D eigenvalue weighted by atomic mass is 10.1. The zero-order valence-electron chi connectivity index (χ0n) is 13.2. The van der Waals surface area contributed by atoms with Gasteiger partial charge in [0.2, 0.25) is 5.76 Å². The van der Waals surface area contributed by atoms with Gasteiger partial charge in [-0.3, -0.25) is 0 Å². The third-order valence-electron chi connectivity index (χ3n) is 3.36. The summed E-state index contributed by atoms with van der Waals surface area (Å²) in [6.07, 6.45) is -9.68. The lowest BCUT2D eigenvalue weighted by Crippen LogP contribution is -2.33. The molecule has 5 nitrogen and oxygen atoms in total. The minimum absolute atomic E-state index is 0.181. The zero-order valence-corrected chi connectivity index (χ0v) is 13.2. The van der Waals surface area contributed by atoms with E-state index in [-0.39, 0.29) is 5.76 Å². The molecule has 11 heteroatoms. The van der Waals surface area contributed by atoms with Crippen LogP contribution in [0.2, 0.25) is 0 Å². The smallest absolute Gasteiger partial charge is 0.407 e. The van der Waals surface area contributed by atoms with Crippen LogP contribution in [0.3, 0.4) is 0 Å². The third-order valence-corrected chi connectivity index (χ3v) is 3.36. The standard InChI is InChI=1S/C16H10F6N2O3/c1-23-12-4-2-9(6-11(12)16(20,21)22)24(8-15(17,18)19)7-10-3-5-13(27-10)14(25)26/h2-6H,7-8H2,(H,25,26). The van der Waals surface area contributed by atoms with Gasteiger partial charge in [0, 0.05) is 5.69 Å². The Morgan fingerprint density at radius 1 is 1.15 bits per heavy atom. The summed E-state index contributed by atoms with van der Waals surface area (Å²) < 4.78 is 82.7. The van der Waals surface area contributed by atoms with Crippen LogP contribution in [0.5, 0.6) is 0 Å². The minimum atomic E-state index is -4.93. The van der Waals surface area contributed by atoms with Gasteiger partial charge in [0.15, 0.2) is 5.69 Å². The molecule has 0 fully saturated rings. The van der Waals surface area contributed by atoms with Crippen LogP contribution in [0.4, 0.5) is 37.7 Å². The van der Waals surface area contributed by atoms with Crippen molar-refractivity contribution < 1.29 is 40.7 Å². The van der Waals surface area contributed by atoms with Crippen molar-refractivity contribution in [3.05, 3.63) is 58.8 Å². The maximum atomic E-state index is 13.1. The van der Waals surface area contributed by atoms with E-state index in [4.69, 9.17) is 16.1 Å². The number of rotatable bonds is 5. The second kappa shape index (κ2) is 7.22. The molecule has 1 N–H and O–H groups in total. The Hall–Kier alpha value is -3.16. The van der Waals surface area contributed by atoms with E-state index in [0.29, 0.717) is 11.0 Å². The number of anilines is 1. The molecular formula is C16H10F6N2O3. The number of benzene rings is 1. The average Bonchev–Trinajstić information content (AvgIpc) is 3.00. The van der Waals surface area contributed by atoms with Crippen molar-refractivity contribution in [3.63, 3.8) is 0 Å². The van der Waals surface area contributed by atoms with E-state index in [9.17, 15) is 31.1 Å². The van der Waals surface area contributed by atoms with Crippen molar-refractivity contribution in [1.29, 1.82) is 0 Å². The molecule has 2 rings (SSSR count). The molecule has 0 aliphatic carbocycles. The fourth-order valence-electron chi connectivity index (χ4n) is 2.27. The first-order valence-corrected chi connectivity index (χ1v) is 7.13. The number of hydrogen-bond acceptors (Lipinski definition) is 3. The summed E-state index contributed by atoms with van der Waals surface area (Å²) in [5, 5.41) is 8.78. The molecule has 0 saturated heterocycles. The molecule has 0 radical (unpaired) electrons. The van der Waals surface area contributed by atoms with Crippen LogP contribution in [-0.2, 0) is 12.7 Å². The Bertz CT molecular complexity index is 880. The van der Waals surface area contributed by atoms with Crippen molar-refractivity contribution in [2.75, 3.05) is 11.4 Å². The highest BCUT2D eigenvalue weighted by Gasteiger charge is 2.36. The van der Waals surface area contributed by atoms with Crippen molar-refractivity contribution >= 4 is 17.3 Å². The van der Waals surface area contributed by atoms with E-state index in [1.54, 1.807) is 0 Å². The van der Waals surface area contributed by atoms with Crippen LogP contribution in [0.25, 0.3) is 4.85 Å². The monoisotopic (exact) mass is 392 g/mol. The summed E-state index contributed by atoms with van der Waals surface area (Å²) in [5.74, 6) is -2.14. The van der Waals surface area contributed by atoms with Gasteiger partial charge in [-0.15, -0.1) is 0 Å². The number of furan rings is 1. The van der Waals surface area contributed by atoms with Crippen LogP contribution in [0.1, 0.15) is 21.9 Å². The quantitative estimate of drug-likeness (QED) is 0.567. The lowest BCUT2D eigenvalue weighted by molar-refractivity contribution is -0.136. The first kappa shape index (κ1) is 20.2. The molecule has 1 aromatic heterocycles. The van der Waals surface area contributed by atoms with Crippen molar-refractivity contribution in [2.24, 2.45) is 0 Å². The van der Waals surface area contributed by atoms with E-state index >= 15 is 0 Å². The number of carbonyl (C=O) groups is 1. The highest BCUT2D eigenvalue weighted by atomic mass is 19.4. The zero-order chi connectivity index (χ0) is 20.4. The molecule has 1 heterocycles. The second-order valence-corrected chi connectivity index (χ2v) is 5.35. The number of halogens is 6. The Morgan fingerprint density at radius 3 is 2.30 bits per heavy atom. The van der Waals surface area contributed by atoms with Crippen LogP contribution in [-0.4, -0.2) is 23.8 Å². The van der Waals surface area contributed by atoms with Gasteiger partial charge in [-0.25, -0.2) is 9.64 Å². The lowest BCUT2D eigenvalue weighted by Gasteiger charge is -2.26. The summed E-state index contributed by atoms with van der Waals surface area (Å²) >= 11 is 0. The Labute approximate surface area is 148 Å². The Balaban J connectivity index is 2.44. The van der Waals surface area contributed by atoms with E-state index in [2.05, 4.69) is 4.85 Å². The summed E-state index contributed by atoms with van der Waals surface area (Å²) in [7, 11) is 0. The molecule has 0 aliphatic rings. The SMILES string of the molecule is [C-]#[N+]c1ccc(N(Cc2ccc(C(=O)O)o2)CC(F)(F)F)cc1C(F)(F)F. The third kappa shape index (κ3) is 5.16. The fourth-order valence-corrected chi connectivity index (χ4v) is 2.27.